The Labute approximate surface area is 213 Å². The molecule has 1 aliphatic carbocycles. The molecule has 0 saturated carbocycles. The number of hydrogen-bond donors (Lipinski definition) is 2. The molecule has 7 nitrogen and oxygen atoms in total. The number of amides is 2. The summed E-state index contributed by atoms with van der Waals surface area (Å²) < 4.78 is 11.7. The lowest BCUT2D eigenvalue weighted by atomic mass is 9.93. The summed E-state index contributed by atoms with van der Waals surface area (Å²) in [6.07, 6.45) is 3.98. The Morgan fingerprint density at radius 1 is 1.08 bits per heavy atom. The van der Waals surface area contributed by atoms with Gasteiger partial charge in [0.1, 0.15) is 11.3 Å². The average Bonchev–Trinajstić information content (AvgIpc) is 3.41. The van der Waals surface area contributed by atoms with E-state index in [0.29, 0.717) is 40.6 Å². The summed E-state index contributed by atoms with van der Waals surface area (Å²) in [6, 6.07) is 10.9. The van der Waals surface area contributed by atoms with Crippen molar-refractivity contribution in [3.63, 3.8) is 0 Å². The molecule has 2 amide bonds. The van der Waals surface area contributed by atoms with E-state index in [1.54, 1.807) is 30.5 Å². The number of nitrogens with one attached hydrogen (secondary N) is 2. The van der Waals surface area contributed by atoms with Crippen LogP contribution in [0.5, 0.6) is 0 Å². The largest absolute Gasteiger partial charge is 0.464 e. The third kappa shape index (κ3) is 4.54. The second-order valence-electron chi connectivity index (χ2n) is 9.09. The zero-order chi connectivity index (χ0) is 25.4. The number of aryl methyl sites for hydroxylation is 3. The van der Waals surface area contributed by atoms with Crippen molar-refractivity contribution in [1.82, 2.24) is 5.43 Å². The van der Waals surface area contributed by atoms with Crippen molar-refractivity contribution in [2.75, 3.05) is 5.32 Å². The van der Waals surface area contributed by atoms with Gasteiger partial charge in [-0.2, -0.15) is 5.10 Å². The lowest BCUT2D eigenvalue weighted by Crippen LogP contribution is -2.23. The molecule has 0 saturated heterocycles. The van der Waals surface area contributed by atoms with E-state index < -0.39 is 0 Å². The van der Waals surface area contributed by atoms with Crippen molar-refractivity contribution >= 4 is 45.8 Å². The fourth-order valence-electron chi connectivity index (χ4n) is 4.62. The normalized spacial score (nSPS) is 14.2. The summed E-state index contributed by atoms with van der Waals surface area (Å²) >= 11 is 6.02. The number of halogens is 1. The monoisotopic (exact) mass is 503 g/mol. The minimum Gasteiger partial charge on any atom is -0.464 e. The van der Waals surface area contributed by atoms with Crippen LogP contribution in [0.25, 0.3) is 11.0 Å². The van der Waals surface area contributed by atoms with Crippen molar-refractivity contribution in [3.05, 3.63) is 87.0 Å². The first-order valence-corrected chi connectivity index (χ1v) is 12.2. The summed E-state index contributed by atoms with van der Waals surface area (Å²) in [4.78, 5) is 25.6. The Morgan fingerprint density at radius 2 is 1.92 bits per heavy atom. The molecule has 0 spiro atoms. The Kier molecular flexibility index (Phi) is 6.41. The number of anilines is 1. The van der Waals surface area contributed by atoms with E-state index in [4.69, 9.17) is 20.4 Å². The van der Waals surface area contributed by atoms with Crippen LogP contribution in [-0.2, 0) is 17.6 Å². The van der Waals surface area contributed by atoms with Crippen molar-refractivity contribution in [1.29, 1.82) is 0 Å². The molecule has 0 aliphatic heterocycles. The Balaban J connectivity index is 1.33. The molecule has 0 fully saturated rings. The number of carbonyl (C=O) groups is 2. The molecular formula is C28H26ClN3O4. The number of benzene rings is 2. The average molecular weight is 504 g/mol. The van der Waals surface area contributed by atoms with Crippen molar-refractivity contribution in [2.45, 2.75) is 46.5 Å². The van der Waals surface area contributed by atoms with Crippen LogP contribution in [0.2, 0.25) is 5.02 Å². The Morgan fingerprint density at radius 3 is 2.72 bits per heavy atom. The summed E-state index contributed by atoms with van der Waals surface area (Å²) in [5.74, 6) is 0.339. The number of hydrazone groups is 1. The van der Waals surface area contributed by atoms with Crippen molar-refractivity contribution in [2.24, 2.45) is 5.10 Å². The van der Waals surface area contributed by atoms with Crippen LogP contribution in [-0.4, -0.2) is 17.5 Å². The predicted octanol–water partition coefficient (Wildman–Crippen LogP) is 6.26. The van der Waals surface area contributed by atoms with Gasteiger partial charge >= 0.3 is 0 Å². The molecule has 8 heteroatoms. The second kappa shape index (κ2) is 9.66. The fourth-order valence-corrected chi connectivity index (χ4v) is 4.81. The molecular weight excluding hydrogens is 478 g/mol. The predicted molar refractivity (Wildman–Crippen MR) is 140 cm³/mol. The number of carbonyl (C=O) groups excluding carboxylic acids is 2. The van der Waals surface area contributed by atoms with E-state index in [1.165, 1.54) is 0 Å². The molecule has 4 aromatic rings. The minimum atomic E-state index is -0.357. The number of furan rings is 2. The van der Waals surface area contributed by atoms with Gasteiger partial charge < -0.3 is 14.2 Å². The van der Waals surface area contributed by atoms with Gasteiger partial charge in [-0.1, -0.05) is 29.8 Å². The highest BCUT2D eigenvalue weighted by molar-refractivity contribution is 6.31. The lowest BCUT2D eigenvalue weighted by molar-refractivity contribution is -0.120. The van der Waals surface area contributed by atoms with Crippen LogP contribution >= 0.6 is 11.6 Å². The molecule has 0 bridgehead atoms. The number of rotatable bonds is 5. The summed E-state index contributed by atoms with van der Waals surface area (Å²) in [5.41, 5.74) is 9.29. The van der Waals surface area contributed by atoms with Gasteiger partial charge in [-0.15, -0.1) is 0 Å². The molecule has 36 heavy (non-hydrogen) atoms. The molecule has 2 N–H and O–H groups in total. The molecule has 0 radical (unpaired) electrons. The number of fused-ring (bicyclic) bond motifs is 2. The Bertz CT molecular complexity index is 1530. The molecule has 0 unspecified atom stereocenters. The van der Waals surface area contributed by atoms with Crippen molar-refractivity contribution in [3.8, 4) is 0 Å². The van der Waals surface area contributed by atoms with Crippen LogP contribution in [0.3, 0.4) is 0 Å². The maximum Gasteiger partial charge on any atom is 0.291 e. The van der Waals surface area contributed by atoms with Gasteiger partial charge in [0.25, 0.3) is 5.91 Å². The van der Waals surface area contributed by atoms with Crippen LogP contribution in [0.1, 0.15) is 57.0 Å². The van der Waals surface area contributed by atoms with Gasteiger partial charge in [-0.05, 0) is 62.9 Å². The first-order valence-electron chi connectivity index (χ1n) is 11.8. The van der Waals surface area contributed by atoms with Crippen LogP contribution in [0, 0.1) is 20.8 Å². The van der Waals surface area contributed by atoms with Crippen LogP contribution in [0.4, 0.5) is 5.69 Å². The van der Waals surface area contributed by atoms with Crippen LogP contribution in [0.15, 0.2) is 56.6 Å². The number of nitrogens with zero attached hydrogens (tertiary/aromatic N) is 1. The first kappa shape index (κ1) is 23.9. The third-order valence-electron chi connectivity index (χ3n) is 6.62. The van der Waals surface area contributed by atoms with E-state index in [1.807, 2.05) is 32.9 Å². The van der Waals surface area contributed by atoms with Gasteiger partial charge in [-0.25, -0.2) is 5.43 Å². The van der Waals surface area contributed by atoms with Gasteiger partial charge in [0, 0.05) is 39.2 Å². The van der Waals surface area contributed by atoms with Crippen molar-refractivity contribution < 1.29 is 18.4 Å². The zero-order valence-electron chi connectivity index (χ0n) is 20.3. The second-order valence-corrected chi connectivity index (χ2v) is 9.52. The van der Waals surface area contributed by atoms with Gasteiger partial charge in [0.15, 0.2) is 5.76 Å². The molecule has 2 heterocycles. The molecule has 5 rings (SSSR count). The smallest absolute Gasteiger partial charge is 0.291 e. The van der Waals surface area contributed by atoms with Gasteiger partial charge in [-0.3, -0.25) is 9.59 Å². The van der Waals surface area contributed by atoms with E-state index in [-0.39, 0.29) is 24.0 Å². The molecule has 2 aromatic heterocycles. The van der Waals surface area contributed by atoms with E-state index in [2.05, 4.69) is 15.8 Å². The summed E-state index contributed by atoms with van der Waals surface area (Å²) in [5, 5.41) is 8.71. The molecule has 0 atom stereocenters. The first-order chi connectivity index (χ1) is 17.3. The molecule has 2 aromatic carbocycles. The quantitative estimate of drug-likeness (QED) is 0.314. The highest BCUT2D eigenvalue weighted by atomic mass is 35.5. The highest BCUT2D eigenvalue weighted by Gasteiger charge is 2.28. The zero-order valence-corrected chi connectivity index (χ0v) is 21.1. The summed E-state index contributed by atoms with van der Waals surface area (Å²) in [7, 11) is 0. The SMILES string of the molecule is Cc1ccc2c(CC(=O)N/N=C3\CCCc4oc(C(=O)Nc5cccc(Cl)c5)c(C)c43)coc2c1C. The minimum absolute atomic E-state index is 0.150. The van der Waals surface area contributed by atoms with E-state index >= 15 is 0 Å². The Hall–Kier alpha value is -3.84. The lowest BCUT2D eigenvalue weighted by Gasteiger charge is -2.13. The third-order valence-corrected chi connectivity index (χ3v) is 6.86. The van der Waals surface area contributed by atoms with E-state index in [9.17, 15) is 9.59 Å². The fraction of sp³-hybridized carbons (Fsp3) is 0.250. The van der Waals surface area contributed by atoms with Gasteiger partial charge in [0.2, 0.25) is 5.91 Å². The van der Waals surface area contributed by atoms with Gasteiger partial charge in [0.05, 0.1) is 18.4 Å². The van der Waals surface area contributed by atoms with E-state index in [0.717, 1.165) is 39.6 Å². The summed E-state index contributed by atoms with van der Waals surface area (Å²) in [6.45, 7) is 5.87. The highest BCUT2D eigenvalue weighted by Crippen LogP contribution is 2.31. The maximum atomic E-state index is 12.9. The maximum absolute atomic E-state index is 12.9. The number of hydrogen-bond acceptors (Lipinski definition) is 5. The topological polar surface area (TPSA) is 96.8 Å². The van der Waals surface area contributed by atoms with Crippen LogP contribution < -0.4 is 10.7 Å². The molecule has 1 aliphatic rings. The standard InChI is InChI=1S/C28H26ClN3O4/c1-15-10-11-21-18(14-35-26(21)16(15)2)12-24(33)32-31-22-8-5-9-23-25(22)17(3)27(36-23)28(34)30-20-7-4-6-19(29)13-20/h4,6-7,10-11,13-14H,5,8-9,12H2,1-3H3,(H,30,34)(H,32,33)/b31-22+. The molecule has 184 valence electrons.